The molecule has 2 aromatic carbocycles. The van der Waals surface area contributed by atoms with E-state index >= 15 is 0 Å². The second-order valence-electron chi connectivity index (χ2n) is 7.64. The number of hydrogen-bond donors (Lipinski definition) is 3. The number of amides is 1. The minimum Gasteiger partial charge on any atom is -0.484 e. The molecule has 1 aliphatic carbocycles. The summed E-state index contributed by atoms with van der Waals surface area (Å²) in [7, 11) is 0. The summed E-state index contributed by atoms with van der Waals surface area (Å²) < 4.78 is 5.62. The lowest BCUT2D eigenvalue weighted by atomic mass is 10.0. The van der Waals surface area contributed by atoms with Crippen molar-refractivity contribution >= 4 is 17.6 Å². The summed E-state index contributed by atoms with van der Waals surface area (Å²) in [5.74, 6) is 1.53. The Hall–Kier alpha value is -3.02. The fraction of sp³-hybridized carbons (Fsp3) is 0.391. The van der Waals surface area contributed by atoms with Gasteiger partial charge in [-0.25, -0.2) is 0 Å². The quantitative estimate of drug-likeness (QED) is 0.677. The van der Waals surface area contributed by atoms with Gasteiger partial charge < -0.3 is 20.7 Å². The van der Waals surface area contributed by atoms with Crippen molar-refractivity contribution in [3.8, 4) is 5.75 Å². The topological polar surface area (TPSA) is 74.8 Å². The number of carbonyl (C=O) groups is 1. The Labute approximate surface area is 171 Å². The Morgan fingerprint density at radius 1 is 1.03 bits per heavy atom. The van der Waals surface area contributed by atoms with Gasteiger partial charge in [-0.3, -0.25) is 9.79 Å². The Kier molecular flexibility index (Phi) is 6.29. The SMILES string of the molecule is O=C(COc1ccc(Cc2ccc(NC3=NCCN3)cc2)cc1)NC1CCCC1. The average molecular weight is 393 g/mol. The first-order valence-electron chi connectivity index (χ1n) is 10.4. The summed E-state index contributed by atoms with van der Waals surface area (Å²) in [5.41, 5.74) is 3.47. The third-order valence-electron chi connectivity index (χ3n) is 5.31. The molecule has 2 aliphatic rings. The monoisotopic (exact) mass is 392 g/mol. The number of rotatable bonds is 7. The lowest BCUT2D eigenvalue weighted by molar-refractivity contribution is -0.123. The molecule has 0 spiro atoms. The average Bonchev–Trinajstić information content (AvgIpc) is 3.43. The smallest absolute Gasteiger partial charge is 0.258 e. The van der Waals surface area contributed by atoms with Gasteiger partial charge in [0.05, 0.1) is 6.54 Å². The summed E-state index contributed by atoms with van der Waals surface area (Å²) in [6.45, 7) is 1.79. The maximum Gasteiger partial charge on any atom is 0.258 e. The van der Waals surface area contributed by atoms with Crippen molar-refractivity contribution in [1.29, 1.82) is 0 Å². The van der Waals surface area contributed by atoms with Gasteiger partial charge in [0.25, 0.3) is 5.91 Å². The first kappa shape index (κ1) is 19.3. The molecule has 152 valence electrons. The highest BCUT2D eigenvalue weighted by atomic mass is 16.5. The van der Waals surface area contributed by atoms with Gasteiger partial charge in [0, 0.05) is 18.3 Å². The molecule has 29 heavy (non-hydrogen) atoms. The summed E-state index contributed by atoms with van der Waals surface area (Å²) in [5, 5.41) is 9.52. The predicted octanol–water partition coefficient (Wildman–Crippen LogP) is 3.09. The molecule has 1 amide bonds. The summed E-state index contributed by atoms with van der Waals surface area (Å²) in [6.07, 6.45) is 5.44. The van der Waals surface area contributed by atoms with E-state index in [4.69, 9.17) is 4.74 Å². The first-order valence-corrected chi connectivity index (χ1v) is 10.4. The molecular weight excluding hydrogens is 364 g/mol. The number of anilines is 1. The van der Waals surface area contributed by atoms with Crippen LogP contribution in [0.25, 0.3) is 0 Å². The van der Waals surface area contributed by atoms with E-state index < -0.39 is 0 Å². The highest BCUT2D eigenvalue weighted by Crippen LogP contribution is 2.19. The number of guanidine groups is 1. The molecule has 0 radical (unpaired) electrons. The molecular formula is C23H28N4O2. The van der Waals surface area contributed by atoms with E-state index in [1.165, 1.54) is 24.0 Å². The van der Waals surface area contributed by atoms with Crippen LogP contribution in [0.15, 0.2) is 53.5 Å². The van der Waals surface area contributed by atoms with Crippen LogP contribution in [0, 0.1) is 0 Å². The normalized spacial score (nSPS) is 16.2. The zero-order valence-corrected chi connectivity index (χ0v) is 16.6. The zero-order chi connectivity index (χ0) is 19.9. The van der Waals surface area contributed by atoms with Crippen molar-refractivity contribution in [2.24, 2.45) is 4.99 Å². The molecule has 1 fully saturated rings. The Bertz CT molecular complexity index is 840. The van der Waals surface area contributed by atoms with Crippen LogP contribution in [-0.4, -0.2) is 37.6 Å². The van der Waals surface area contributed by atoms with Crippen LogP contribution in [0.1, 0.15) is 36.8 Å². The maximum absolute atomic E-state index is 12.0. The summed E-state index contributed by atoms with van der Waals surface area (Å²) in [4.78, 5) is 16.3. The third-order valence-corrected chi connectivity index (χ3v) is 5.31. The number of nitrogens with one attached hydrogen (secondary N) is 3. The van der Waals surface area contributed by atoms with Crippen molar-refractivity contribution in [2.75, 3.05) is 25.0 Å². The van der Waals surface area contributed by atoms with Crippen LogP contribution in [-0.2, 0) is 11.2 Å². The van der Waals surface area contributed by atoms with Crippen molar-refractivity contribution < 1.29 is 9.53 Å². The van der Waals surface area contributed by atoms with Crippen LogP contribution in [0.3, 0.4) is 0 Å². The third kappa shape index (κ3) is 5.73. The molecule has 1 heterocycles. The molecule has 4 rings (SSSR count). The molecule has 3 N–H and O–H groups in total. The van der Waals surface area contributed by atoms with E-state index in [2.05, 4.69) is 45.2 Å². The summed E-state index contributed by atoms with van der Waals surface area (Å²) >= 11 is 0. The highest BCUT2D eigenvalue weighted by Gasteiger charge is 2.17. The molecule has 2 aromatic rings. The van der Waals surface area contributed by atoms with Crippen molar-refractivity contribution in [3.63, 3.8) is 0 Å². The molecule has 0 saturated heterocycles. The first-order chi connectivity index (χ1) is 14.2. The van der Waals surface area contributed by atoms with E-state index in [0.717, 1.165) is 49.7 Å². The van der Waals surface area contributed by atoms with Gasteiger partial charge >= 0.3 is 0 Å². The molecule has 1 saturated carbocycles. The second-order valence-corrected chi connectivity index (χ2v) is 7.64. The minimum absolute atomic E-state index is 0.0338. The van der Waals surface area contributed by atoms with Gasteiger partial charge in [0.1, 0.15) is 5.75 Å². The Balaban J connectivity index is 1.24. The van der Waals surface area contributed by atoms with E-state index in [0.29, 0.717) is 6.04 Å². The van der Waals surface area contributed by atoms with Crippen LogP contribution in [0.5, 0.6) is 5.75 Å². The molecule has 0 unspecified atom stereocenters. The number of nitrogens with zero attached hydrogens (tertiary/aromatic N) is 1. The standard InChI is InChI=1S/C23H28N4O2/c28-22(26-19-3-1-2-4-19)16-29-21-11-7-18(8-12-21)15-17-5-9-20(10-6-17)27-23-24-13-14-25-23/h5-12,19H,1-4,13-16H2,(H,26,28)(H2,24,25,27). The lowest BCUT2D eigenvalue weighted by Crippen LogP contribution is -2.36. The zero-order valence-electron chi connectivity index (χ0n) is 16.6. The van der Waals surface area contributed by atoms with Gasteiger partial charge in [-0.15, -0.1) is 0 Å². The Morgan fingerprint density at radius 3 is 2.38 bits per heavy atom. The van der Waals surface area contributed by atoms with E-state index in [1.54, 1.807) is 0 Å². The van der Waals surface area contributed by atoms with Crippen LogP contribution < -0.4 is 20.7 Å². The van der Waals surface area contributed by atoms with E-state index in [1.807, 2.05) is 24.3 Å². The van der Waals surface area contributed by atoms with Crippen LogP contribution >= 0.6 is 0 Å². The highest BCUT2D eigenvalue weighted by molar-refractivity contribution is 5.94. The van der Waals surface area contributed by atoms with Crippen LogP contribution in [0.2, 0.25) is 0 Å². The molecule has 1 aliphatic heterocycles. The van der Waals surface area contributed by atoms with Crippen LogP contribution in [0.4, 0.5) is 5.69 Å². The fourth-order valence-corrected chi connectivity index (χ4v) is 3.75. The number of carbonyl (C=O) groups excluding carboxylic acids is 1. The van der Waals surface area contributed by atoms with E-state index in [-0.39, 0.29) is 12.5 Å². The molecule has 0 aromatic heterocycles. The number of benzene rings is 2. The molecule has 0 atom stereocenters. The van der Waals surface area contributed by atoms with Gasteiger partial charge in [0.15, 0.2) is 12.6 Å². The second kappa shape index (κ2) is 9.45. The van der Waals surface area contributed by atoms with Gasteiger partial charge in [-0.05, 0) is 54.7 Å². The molecule has 0 bridgehead atoms. The van der Waals surface area contributed by atoms with Gasteiger partial charge in [-0.1, -0.05) is 37.1 Å². The predicted molar refractivity (Wildman–Crippen MR) is 116 cm³/mol. The lowest BCUT2D eigenvalue weighted by Gasteiger charge is -2.12. The minimum atomic E-state index is -0.0338. The largest absolute Gasteiger partial charge is 0.484 e. The van der Waals surface area contributed by atoms with Gasteiger partial charge in [0.2, 0.25) is 0 Å². The maximum atomic E-state index is 12.0. The van der Waals surface area contributed by atoms with Crippen molar-refractivity contribution in [3.05, 3.63) is 59.7 Å². The molecule has 6 heteroatoms. The number of hydrogen-bond acceptors (Lipinski definition) is 5. The number of aliphatic imine (C=N–C) groups is 1. The van der Waals surface area contributed by atoms with Gasteiger partial charge in [-0.2, -0.15) is 0 Å². The molecule has 6 nitrogen and oxygen atoms in total. The van der Waals surface area contributed by atoms with E-state index in [9.17, 15) is 4.79 Å². The number of ether oxygens (including phenoxy) is 1. The fourth-order valence-electron chi connectivity index (χ4n) is 3.75. The summed E-state index contributed by atoms with van der Waals surface area (Å²) in [6, 6.07) is 16.7. The van der Waals surface area contributed by atoms with Crippen molar-refractivity contribution in [2.45, 2.75) is 38.1 Å². The Morgan fingerprint density at radius 2 is 1.72 bits per heavy atom. The van der Waals surface area contributed by atoms with Crippen molar-refractivity contribution in [1.82, 2.24) is 10.6 Å².